The van der Waals surface area contributed by atoms with Gasteiger partial charge in [0.1, 0.15) is 4.21 Å². The third-order valence-electron chi connectivity index (χ3n) is 3.44. The molecule has 0 saturated carbocycles. The predicted octanol–water partition coefficient (Wildman–Crippen LogP) is 2.69. The van der Waals surface area contributed by atoms with Crippen LogP contribution in [0, 0.1) is 12.8 Å². The monoisotopic (exact) mass is 381 g/mol. The van der Waals surface area contributed by atoms with E-state index in [1.807, 2.05) is 6.92 Å². The van der Waals surface area contributed by atoms with Crippen molar-refractivity contribution in [1.82, 2.24) is 4.31 Å². The van der Waals surface area contributed by atoms with Gasteiger partial charge in [-0.3, -0.25) is 4.79 Å². The van der Waals surface area contributed by atoms with Crippen LogP contribution < -0.4 is 0 Å². The van der Waals surface area contributed by atoms with Crippen LogP contribution in [0.4, 0.5) is 0 Å². The third-order valence-corrected chi connectivity index (χ3v) is 7.89. The van der Waals surface area contributed by atoms with E-state index < -0.39 is 16.0 Å². The zero-order chi connectivity index (χ0) is 14.9. The number of halogens is 1. The molecule has 0 spiro atoms. The highest BCUT2D eigenvalue weighted by atomic mass is 79.9. The molecule has 0 aromatic carbocycles. The summed E-state index contributed by atoms with van der Waals surface area (Å²) >= 11 is 4.56. The van der Waals surface area contributed by atoms with E-state index in [2.05, 4.69) is 15.9 Å². The van der Waals surface area contributed by atoms with E-state index in [1.54, 1.807) is 6.07 Å². The number of aryl methyl sites for hydroxylation is 1. The van der Waals surface area contributed by atoms with Gasteiger partial charge in [0.25, 0.3) is 10.0 Å². The maximum atomic E-state index is 12.5. The van der Waals surface area contributed by atoms with Gasteiger partial charge in [-0.2, -0.15) is 4.31 Å². The Hall–Kier alpha value is -0.440. The number of sulfonamides is 1. The van der Waals surface area contributed by atoms with Crippen LogP contribution in [0.15, 0.2) is 14.1 Å². The maximum Gasteiger partial charge on any atom is 0.303 e. The first-order valence-corrected chi connectivity index (χ1v) is 9.33. The largest absolute Gasteiger partial charge is 0.481 e. The minimum Gasteiger partial charge on any atom is -0.481 e. The van der Waals surface area contributed by atoms with Crippen molar-refractivity contribution in [3.05, 3.63) is 15.4 Å². The molecule has 1 aliphatic heterocycles. The van der Waals surface area contributed by atoms with Gasteiger partial charge in [-0.15, -0.1) is 11.3 Å². The summed E-state index contributed by atoms with van der Waals surface area (Å²) in [5, 5.41) is 8.68. The Morgan fingerprint density at radius 2 is 2.30 bits per heavy atom. The molecular formula is C12H16BrNO4S2. The third kappa shape index (κ3) is 3.41. The average molecular weight is 382 g/mol. The Kier molecular flexibility index (Phi) is 4.88. The molecule has 0 radical (unpaired) electrons. The van der Waals surface area contributed by atoms with Crippen LogP contribution >= 0.6 is 27.3 Å². The summed E-state index contributed by atoms with van der Waals surface area (Å²) in [7, 11) is -3.44. The van der Waals surface area contributed by atoms with E-state index in [0.29, 0.717) is 23.7 Å². The van der Waals surface area contributed by atoms with Crippen molar-refractivity contribution in [3.63, 3.8) is 0 Å². The molecule has 8 heteroatoms. The van der Waals surface area contributed by atoms with Gasteiger partial charge in [-0.1, -0.05) is 0 Å². The second-order valence-corrected chi connectivity index (χ2v) is 9.51. The Morgan fingerprint density at radius 3 is 2.85 bits per heavy atom. The van der Waals surface area contributed by atoms with Gasteiger partial charge in [-0.05, 0) is 53.2 Å². The van der Waals surface area contributed by atoms with E-state index in [4.69, 9.17) is 5.11 Å². The zero-order valence-electron chi connectivity index (χ0n) is 11.0. The number of hydrogen-bond acceptors (Lipinski definition) is 4. The lowest BCUT2D eigenvalue weighted by Crippen LogP contribution is -2.28. The lowest BCUT2D eigenvalue weighted by atomic mass is 10.0. The molecule has 1 N–H and O–H groups in total. The minimum absolute atomic E-state index is 0.0994. The van der Waals surface area contributed by atoms with Gasteiger partial charge in [0.15, 0.2) is 0 Å². The number of carboxylic acid groups (broad SMARTS) is 1. The predicted molar refractivity (Wildman–Crippen MR) is 80.5 cm³/mol. The molecule has 112 valence electrons. The Labute approximate surface area is 130 Å². The molecule has 0 aliphatic carbocycles. The molecule has 1 atom stereocenters. The molecule has 1 aromatic rings. The van der Waals surface area contributed by atoms with E-state index in [0.717, 1.165) is 15.8 Å². The molecule has 5 nitrogen and oxygen atoms in total. The van der Waals surface area contributed by atoms with Crippen molar-refractivity contribution < 1.29 is 18.3 Å². The molecule has 2 heterocycles. The quantitative estimate of drug-likeness (QED) is 0.850. The number of aliphatic carboxylic acids is 1. The number of carbonyl (C=O) groups is 1. The normalized spacial score (nSPS) is 20.4. The fourth-order valence-electron chi connectivity index (χ4n) is 2.26. The smallest absolute Gasteiger partial charge is 0.303 e. The van der Waals surface area contributed by atoms with Gasteiger partial charge in [0.2, 0.25) is 0 Å². The first-order chi connectivity index (χ1) is 9.30. The van der Waals surface area contributed by atoms with Crippen molar-refractivity contribution in [2.45, 2.75) is 30.4 Å². The van der Waals surface area contributed by atoms with Crippen LogP contribution in [0.1, 0.15) is 24.8 Å². The lowest BCUT2D eigenvalue weighted by Gasteiger charge is -2.15. The van der Waals surface area contributed by atoms with Gasteiger partial charge < -0.3 is 5.11 Å². The van der Waals surface area contributed by atoms with Crippen molar-refractivity contribution >= 4 is 43.3 Å². The summed E-state index contributed by atoms with van der Waals surface area (Å²) in [4.78, 5) is 10.6. The van der Waals surface area contributed by atoms with Gasteiger partial charge in [0, 0.05) is 19.5 Å². The lowest BCUT2D eigenvalue weighted by molar-refractivity contribution is -0.137. The topological polar surface area (TPSA) is 74.7 Å². The van der Waals surface area contributed by atoms with Crippen LogP contribution in [-0.4, -0.2) is 36.9 Å². The Morgan fingerprint density at radius 1 is 1.60 bits per heavy atom. The molecular weight excluding hydrogens is 366 g/mol. The second-order valence-electron chi connectivity index (χ2n) is 4.97. The SMILES string of the molecule is Cc1cc(S(=O)(=O)N2CCC(CCC(=O)O)C2)sc1Br. The summed E-state index contributed by atoms with van der Waals surface area (Å²) in [6, 6.07) is 1.68. The van der Waals surface area contributed by atoms with Crippen molar-refractivity contribution in [1.29, 1.82) is 0 Å². The number of thiophene rings is 1. The average Bonchev–Trinajstić information content (AvgIpc) is 2.95. The number of nitrogens with zero attached hydrogens (tertiary/aromatic N) is 1. The summed E-state index contributed by atoms with van der Waals surface area (Å²) in [5.74, 6) is -0.686. The first kappa shape index (κ1) is 15.9. The fraction of sp³-hybridized carbons (Fsp3) is 0.583. The molecule has 20 heavy (non-hydrogen) atoms. The Balaban J connectivity index is 2.06. The highest BCUT2D eigenvalue weighted by Crippen LogP contribution is 2.34. The van der Waals surface area contributed by atoms with Crippen LogP contribution in [0.2, 0.25) is 0 Å². The van der Waals surface area contributed by atoms with Gasteiger partial charge in [-0.25, -0.2) is 8.42 Å². The van der Waals surface area contributed by atoms with Crippen LogP contribution in [-0.2, 0) is 14.8 Å². The van der Waals surface area contributed by atoms with Crippen molar-refractivity contribution in [2.75, 3.05) is 13.1 Å². The molecule has 1 aliphatic rings. The van der Waals surface area contributed by atoms with Crippen molar-refractivity contribution in [2.24, 2.45) is 5.92 Å². The molecule has 1 fully saturated rings. The van der Waals surface area contributed by atoms with Crippen LogP contribution in [0.5, 0.6) is 0 Å². The molecule has 0 amide bonds. The van der Waals surface area contributed by atoms with E-state index in [-0.39, 0.29) is 12.3 Å². The first-order valence-electron chi connectivity index (χ1n) is 6.28. The highest BCUT2D eigenvalue weighted by Gasteiger charge is 2.33. The number of hydrogen-bond donors (Lipinski definition) is 1. The van der Waals surface area contributed by atoms with E-state index in [1.165, 1.54) is 15.6 Å². The van der Waals surface area contributed by atoms with E-state index >= 15 is 0 Å². The molecule has 1 unspecified atom stereocenters. The van der Waals surface area contributed by atoms with Crippen molar-refractivity contribution in [3.8, 4) is 0 Å². The summed E-state index contributed by atoms with van der Waals surface area (Å²) in [6.07, 6.45) is 1.37. The zero-order valence-corrected chi connectivity index (χ0v) is 14.2. The summed E-state index contributed by atoms with van der Waals surface area (Å²) in [5.41, 5.74) is 0.912. The van der Waals surface area contributed by atoms with Crippen LogP contribution in [0.25, 0.3) is 0 Å². The maximum absolute atomic E-state index is 12.5. The molecule has 1 aromatic heterocycles. The standard InChI is InChI=1S/C12H16BrNO4S2/c1-8-6-11(19-12(8)13)20(17,18)14-5-4-9(7-14)2-3-10(15)16/h6,9H,2-5,7H2,1H3,(H,15,16). The number of carboxylic acids is 1. The molecule has 0 bridgehead atoms. The molecule has 1 saturated heterocycles. The molecule has 2 rings (SSSR count). The highest BCUT2D eigenvalue weighted by molar-refractivity contribution is 9.11. The van der Waals surface area contributed by atoms with Gasteiger partial charge >= 0.3 is 5.97 Å². The van der Waals surface area contributed by atoms with E-state index in [9.17, 15) is 13.2 Å². The van der Waals surface area contributed by atoms with Gasteiger partial charge in [0.05, 0.1) is 3.79 Å². The Bertz CT molecular complexity index is 591. The number of rotatable bonds is 5. The second kappa shape index (κ2) is 6.13. The minimum atomic E-state index is -3.44. The summed E-state index contributed by atoms with van der Waals surface area (Å²) < 4.78 is 27.6. The summed E-state index contributed by atoms with van der Waals surface area (Å²) in [6.45, 7) is 2.75. The van der Waals surface area contributed by atoms with Crippen LogP contribution in [0.3, 0.4) is 0 Å². The fourth-order valence-corrected chi connectivity index (χ4v) is 6.18.